The van der Waals surface area contributed by atoms with Crippen LogP contribution >= 0.6 is 11.3 Å². The molecule has 0 saturated carbocycles. The summed E-state index contributed by atoms with van der Waals surface area (Å²) in [4.78, 5) is 16.1. The van der Waals surface area contributed by atoms with E-state index in [1.807, 2.05) is 54.8 Å². The Hall–Kier alpha value is -2.66. The smallest absolute Gasteiger partial charge is 0.224 e. The molecule has 1 unspecified atom stereocenters. The molecule has 2 aromatic carbocycles. The molecule has 128 valence electrons. The number of nitrogens with zero attached hydrogens (tertiary/aromatic N) is 1. The lowest BCUT2D eigenvalue weighted by Gasteiger charge is -2.12. The van der Waals surface area contributed by atoms with Crippen LogP contribution in [0.1, 0.15) is 31.9 Å². The van der Waals surface area contributed by atoms with Gasteiger partial charge in [-0.05, 0) is 24.6 Å². The lowest BCUT2D eigenvalue weighted by atomic mass is 10.1. The molecule has 4 nitrogen and oxygen atoms in total. The van der Waals surface area contributed by atoms with Crippen molar-refractivity contribution in [3.63, 3.8) is 0 Å². The topological polar surface area (TPSA) is 54.0 Å². The molecule has 0 aliphatic rings. The number of nitrogens with one attached hydrogen (secondary N) is 2. The van der Waals surface area contributed by atoms with Crippen molar-refractivity contribution in [1.82, 2.24) is 4.98 Å². The molecular weight excluding hydrogens is 330 g/mol. The molecule has 3 aromatic rings. The van der Waals surface area contributed by atoms with Gasteiger partial charge in [0.15, 0.2) is 5.13 Å². The molecule has 0 aliphatic heterocycles. The lowest BCUT2D eigenvalue weighted by molar-refractivity contribution is -0.115. The number of anilines is 2. The van der Waals surface area contributed by atoms with E-state index in [9.17, 15) is 4.79 Å². The summed E-state index contributed by atoms with van der Waals surface area (Å²) in [5, 5.41) is 9.23. The summed E-state index contributed by atoms with van der Waals surface area (Å²) in [7, 11) is 0. The van der Waals surface area contributed by atoms with Gasteiger partial charge in [0, 0.05) is 23.1 Å². The lowest BCUT2D eigenvalue weighted by Crippen LogP contribution is -2.09. The second-order valence-electron chi connectivity index (χ2n) is 5.79. The average molecular weight is 351 g/mol. The van der Waals surface area contributed by atoms with E-state index in [4.69, 9.17) is 0 Å². The van der Waals surface area contributed by atoms with Crippen LogP contribution in [-0.2, 0) is 4.79 Å². The molecule has 0 spiro atoms. The van der Waals surface area contributed by atoms with E-state index in [0.29, 0.717) is 6.42 Å². The van der Waals surface area contributed by atoms with Gasteiger partial charge in [0.1, 0.15) is 0 Å². The molecule has 0 aliphatic carbocycles. The van der Waals surface area contributed by atoms with Crippen LogP contribution in [0.4, 0.5) is 10.8 Å². The summed E-state index contributed by atoms with van der Waals surface area (Å²) >= 11 is 1.59. The summed E-state index contributed by atoms with van der Waals surface area (Å²) < 4.78 is 0. The third-order valence-corrected chi connectivity index (χ3v) is 4.70. The van der Waals surface area contributed by atoms with Gasteiger partial charge in [0.2, 0.25) is 5.91 Å². The maximum absolute atomic E-state index is 11.4. The van der Waals surface area contributed by atoms with Crippen LogP contribution in [0.15, 0.2) is 60.0 Å². The minimum absolute atomic E-state index is 0.0165. The fourth-order valence-corrected chi connectivity index (χ4v) is 3.26. The Morgan fingerprint density at radius 3 is 2.52 bits per heavy atom. The van der Waals surface area contributed by atoms with E-state index >= 15 is 0 Å². The summed E-state index contributed by atoms with van der Waals surface area (Å²) in [5.41, 5.74) is 4.00. The molecule has 0 radical (unpaired) electrons. The van der Waals surface area contributed by atoms with Crippen molar-refractivity contribution in [1.29, 1.82) is 0 Å². The first-order valence-electron chi connectivity index (χ1n) is 8.33. The van der Waals surface area contributed by atoms with Crippen molar-refractivity contribution in [2.24, 2.45) is 0 Å². The van der Waals surface area contributed by atoms with Gasteiger partial charge >= 0.3 is 0 Å². The SMILES string of the molecule is CCC(=O)Nc1ccc(-c2csc(NC(C)c3ccccc3)n2)cc1. The fourth-order valence-electron chi connectivity index (χ4n) is 2.46. The monoisotopic (exact) mass is 351 g/mol. The summed E-state index contributed by atoms with van der Waals surface area (Å²) in [5.74, 6) is 0.0165. The quantitative estimate of drug-likeness (QED) is 0.631. The first-order chi connectivity index (χ1) is 12.2. The Balaban J connectivity index is 1.68. The van der Waals surface area contributed by atoms with E-state index in [0.717, 1.165) is 22.1 Å². The van der Waals surface area contributed by atoms with Crippen LogP contribution < -0.4 is 10.6 Å². The largest absolute Gasteiger partial charge is 0.355 e. The van der Waals surface area contributed by atoms with Crippen LogP contribution in [0, 0.1) is 0 Å². The molecule has 3 rings (SSSR count). The second-order valence-corrected chi connectivity index (χ2v) is 6.65. The number of benzene rings is 2. The Morgan fingerprint density at radius 2 is 1.84 bits per heavy atom. The van der Waals surface area contributed by atoms with Gasteiger partial charge in [-0.1, -0.05) is 49.4 Å². The van der Waals surface area contributed by atoms with E-state index in [2.05, 4.69) is 34.7 Å². The molecule has 0 bridgehead atoms. The van der Waals surface area contributed by atoms with Gasteiger partial charge in [0.05, 0.1) is 11.7 Å². The standard InChI is InChI=1S/C20H21N3OS/c1-3-19(24)22-17-11-9-16(10-12-17)18-13-25-20(23-18)21-14(2)15-7-5-4-6-8-15/h4-14H,3H2,1-2H3,(H,21,23)(H,22,24). The zero-order chi connectivity index (χ0) is 17.6. The molecular formula is C20H21N3OS. The Kier molecular flexibility index (Phi) is 5.46. The third-order valence-electron chi connectivity index (χ3n) is 3.93. The number of amides is 1. The average Bonchev–Trinajstić information content (AvgIpc) is 3.11. The van der Waals surface area contributed by atoms with Crippen molar-refractivity contribution in [2.75, 3.05) is 10.6 Å². The molecule has 2 N–H and O–H groups in total. The molecule has 5 heteroatoms. The fraction of sp³-hybridized carbons (Fsp3) is 0.200. The summed E-state index contributed by atoms with van der Waals surface area (Å²) in [6, 6.07) is 18.3. The maximum Gasteiger partial charge on any atom is 0.224 e. The number of carbonyl (C=O) groups is 1. The second kappa shape index (κ2) is 7.94. The van der Waals surface area contributed by atoms with Gasteiger partial charge in [0.25, 0.3) is 0 Å². The third kappa shape index (κ3) is 4.45. The minimum atomic E-state index is 0.0165. The highest BCUT2D eigenvalue weighted by atomic mass is 32.1. The zero-order valence-electron chi connectivity index (χ0n) is 14.3. The van der Waals surface area contributed by atoms with Crippen LogP contribution in [-0.4, -0.2) is 10.9 Å². The first kappa shape index (κ1) is 17.2. The number of hydrogen-bond donors (Lipinski definition) is 2. The number of hydrogen-bond acceptors (Lipinski definition) is 4. The van der Waals surface area contributed by atoms with Crippen molar-refractivity contribution in [3.8, 4) is 11.3 Å². The van der Waals surface area contributed by atoms with E-state index in [1.165, 1.54) is 5.56 Å². The molecule has 1 heterocycles. The highest BCUT2D eigenvalue weighted by Crippen LogP contribution is 2.28. The van der Waals surface area contributed by atoms with Gasteiger partial charge in [-0.3, -0.25) is 4.79 Å². The van der Waals surface area contributed by atoms with Gasteiger partial charge in [-0.15, -0.1) is 11.3 Å². The van der Waals surface area contributed by atoms with Crippen LogP contribution in [0.5, 0.6) is 0 Å². The number of thiazole rings is 1. The van der Waals surface area contributed by atoms with Crippen molar-refractivity contribution in [2.45, 2.75) is 26.3 Å². The van der Waals surface area contributed by atoms with E-state index in [-0.39, 0.29) is 11.9 Å². The Labute approximate surface area is 151 Å². The van der Waals surface area contributed by atoms with E-state index < -0.39 is 0 Å². The van der Waals surface area contributed by atoms with Crippen LogP contribution in [0.2, 0.25) is 0 Å². The first-order valence-corrected chi connectivity index (χ1v) is 9.21. The van der Waals surface area contributed by atoms with Gasteiger partial charge in [-0.25, -0.2) is 4.98 Å². The number of carbonyl (C=O) groups excluding carboxylic acids is 1. The van der Waals surface area contributed by atoms with Crippen molar-refractivity contribution in [3.05, 3.63) is 65.5 Å². The highest BCUT2D eigenvalue weighted by Gasteiger charge is 2.09. The summed E-state index contributed by atoms with van der Waals surface area (Å²) in [6.07, 6.45) is 0.475. The molecule has 1 aromatic heterocycles. The van der Waals surface area contributed by atoms with Crippen molar-refractivity contribution < 1.29 is 4.79 Å². The van der Waals surface area contributed by atoms with E-state index in [1.54, 1.807) is 11.3 Å². The molecule has 0 saturated heterocycles. The Morgan fingerprint density at radius 1 is 1.12 bits per heavy atom. The predicted molar refractivity (Wildman–Crippen MR) is 105 cm³/mol. The van der Waals surface area contributed by atoms with Gasteiger partial charge in [-0.2, -0.15) is 0 Å². The van der Waals surface area contributed by atoms with Gasteiger partial charge < -0.3 is 10.6 Å². The normalized spacial score (nSPS) is 11.8. The predicted octanol–water partition coefficient (Wildman–Crippen LogP) is 5.33. The molecule has 25 heavy (non-hydrogen) atoms. The number of rotatable bonds is 6. The highest BCUT2D eigenvalue weighted by molar-refractivity contribution is 7.14. The van der Waals surface area contributed by atoms with Crippen molar-refractivity contribution >= 4 is 28.1 Å². The molecule has 0 fully saturated rings. The Bertz CT molecular complexity index is 828. The molecule has 1 amide bonds. The maximum atomic E-state index is 11.4. The van der Waals surface area contributed by atoms with Crippen LogP contribution in [0.25, 0.3) is 11.3 Å². The van der Waals surface area contributed by atoms with Crippen LogP contribution in [0.3, 0.4) is 0 Å². The molecule has 1 atom stereocenters. The number of aromatic nitrogens is 1. The zero-order valence-corrected chi connectivity index (χ0v) is 15.1. The minimum Gasteiger partial charge on any atom is -0.355 e. The summed E-state index contributed by atoms with van der Waals surface area (Å²) in [6.45, 7) is 3.96.